The number of hydrogen-bond acceptors (Lipinski definition) is 3. The fourth-order valence-electron chi connectivity index (χ4n) is 1.10. The molecule has 0 saturated carbocycles. The number of nitrogens with zero attached hydrogens (tertiary/aromatic N) is 1. The minimum Gasteiger partial charge on any atom is -0.464 e. The number of carbonyl (C=O) groups excluding carboxylic acids is 1. The van der Waals surface area contributed by atoms with Crippen molar-refractivity contribution < 1.29 is 22.7 Å². The molecular formula is C9H7BrF3NO2. The number of pyridine rings is 1. The smallest absolute Gasteiger partial charge is 0.356 e. The molecule has 1 aromatic rings. The van der Waals surface area contributed by atoms with E-state index in [4.69, 9.17) is 0 Å². The van der Waals surface area contributed by atoms with Crippen molar-refractivity contribution >= 4 is 21.9 Å². The molecule has 1 rings (SSSR count). The van der Waals surface area contributed by atoms with Gasteiger partial charge in [-0.2, -0.15) is 4.39 Å². The molecule has 88 valence electrons. The number of ether oxygens (including phenoxy) is 1. The highest BCUT2D eigenvalue weighted by Crippen LogP contribution is 2.26. The lowest BCUT2D eigenvalue weighted by atomic mass is 10.1. The summed E-state index contributed by atoms with van der Waals surface area (Å²) in [6.45, 7) is 0. The average molecular weight is 298 g/mol. The van der Waals surface area contributed by atoms with Crippen molar-refractivity contribution in [1.29, 1.82) is 0 Å². The van der Waals surface area contributed by atoms with Gasteiger partial charge in [-0.1, -0.05) is 15.9 Å². The zero-order valence-electron chi connectivity index (χ0n) is 8.14. The van der Waals surface area contributed by atoms with Crippen LogP contribution < -0.4 is 0 Å². The maximum Gasteiger partial charge on any atom is 0.356 e. The van der Waals surface area contributed by atoms with Crippen molar-refractivity contribution in [1.82, 2.24) is 4.98 Å². The fraction of sp³-hybridized carbons (Fsp3) is 0.333. The molecular weight excluding hydrogens is 291 g/mol. The van der Waals surface area contributed by atoms with Gasteiger partial charge in [0.1, 0.15) is 0 Å². The Labute approximate surface area is 97.8 Å². The Morgan fingerprint density at radius 3 is 2.69 bits per heavy atom. The van der Waals surface area contributed by atoms with Gasteiger partial charge in [-0.3, -0.25) is 0 Å². The molecule has 0 aliphatic carbocycles. The molecule has 16 heavy (non-hydrogen) atoms. The summed E-state index contributed by atoms with van der Waals surface area (Å²) in [5.74, 6) is -2.06. The molecule has 0 fully saturated rings. The van der Waals surface area contributed by atoms with Crippen LogP contribution in [0.1, 0.15) is 28.0 Å². The van der Waals surface area contributed by atoms with Gasteiger partial charge in [-0.05, 0) is 6.07 Å². The van der Waals surface area contributed by atoms with E-state index >= 15 is 0 Å². The summed E-state index contributed by atoms with van der Waals surface area (Å²) < 4.78 is 42.7. The number of methoxy groups -OCH3 is 1. The van der Waals surface area contributed by atoms with Crippen LogP contribution in [-0.2, 0) is 10.1 Å². The Hall–Kier alpha value is -1.11. The lowest BCUT2D eigenvalue weighted by Gasteiger charge is -2.08. The van der Waals surface area contributed by atoms with Gasteiger partial charge in [0, 0.05) is 16.5 Å². The molecule has 0 N–H and O–H groups in total. The normalized spacial score (nSPS) is 10.6. The van der Waals surface area contributed by atoms with Gasteiger partial charge in [0.15, 0.2) is 5.69 Å². The standard InChI is InChI=1S/C9H7BrF3NO2/c1-16-9(15)6-2-4(7(11)12)5(3-10)8(13)14-6/h2,7H,3H2,1H3. The first-order chi connectivity index (χ1) is 7.51. The van der Waals surface area contributed by atoms with Gasteiger partial charge in [0.25, 0.3) is 6.43 Å². The highest BCUT2D eigenvalue weighted by molar-refractivity contribution is 9.08. The molecule has 0 aromatic carbocycles. The summed E-state index contributed by atoms with van der Waals surface area (Å²) in [5, 5.41) is -0.104. The topological polar surface area (TPSA) is 39.2 Å². The van der Waals surface area contributed by atoms with E-state index in [1.165, 1.54) is 0 Å². The van der Waals surface area contributed by atoms with E-state index in [2.05, 4.69) is 25.7 Å². The SMILES string of the molecule is COC(=O)c1cc(C(F)F)c(CBr)c(F)n1. The van der Waals surface area contributed by atoms with E-state index < -0.39 is 29.6 Å². The number of rotatable bonds is 3. The minimum absolute atomic E-state index is 0.104. The second-order valence-electron chi connectivity index (χ2n) is 2.79. The molecule has 0 bridgehead atoms. The van der Waals surface area contributed by atoms with Gasteiger partial charge < -0.3 is 4.74 Å². The highest BCUT2D eigenvalue weighted by Gasteiger charge is 2.21. The first-order valence-corrected chi connectivity index (χ1v) is 5.25. The van der Waals surface area contributed by atoms with E-state index in [1.807, 2.05) is 0 Å². The number of alkyl halides is 3. The summed E-state index contributed by atoms with van der Waals surface area (Å²) in [7, 11) is 1.06. The van der Waals surface area contributed by atoms with Crippen molar-refractivity contribution in [2.75, 3.05) is 7.11 Å². The molecule has 1 aromatic heterocycles. The number of halogens is 4. The van der Waals surface area contributed by atoms with Gasteiger partial charge in [-0.25, -0.2) is 18.6 Å². The third kappa shape index (κ3) is 2.52. The van der Waals surface area contributed by atoms with Crippen LogP contribution in [0.5, 0.6) is 0 Å². The third-order valence-electron chi connectivity index (χ3n) is 1.87. The van der Waals surface area contributed by atoms with Crippen molar-refractivity contribution in [3.63, 3.8) is 0 Å². The Morgan fingerprint density at radius 1 is 1.62 bits per heavy atom. The zero-order valence-corrected chi connectivity index (χ0v) is 9.72. The molecule has 0 atom stereocenters. The van der Waals surface area contributed by atoms with Crippen LogP contribution in [0.25, 0.3) is 0 Å². The van der Waals surface area contributed by atoms with Crippen LogP contribution in [0.3, 0.4) is 0 Å². The van der Waals surface area contributed by atoms with E-state index in [9.17, 15) is 18.0 Å². The Balaban J connectivity index is 3.33. The predicted octanol–water partition coefficient (Wildman–Crippen LogP) is 2.84. The van der Waals surface area contributed by atoms with Crippen LogP contribution in [0.4, 0.5) is 13.2 Å². The van der Waals surface area contributed by atoms with Gasteiger partial charge >= 0.3 is 5.97 Å². The quantitative estimate of drug-likeness (QED) is 0.489. The fourth-order valence-corrected chi connectivity index (χ4v) is 1.65. The number of carbonyl (C=O) groups is 1. The first-order valence-electron chi connectivity index (χ1n) is 4.13. The molecule has 3 nitrogen and oxygen atoms in total. The summed E-state index contributed by atoms with van der Waals surface area (Å²) in [6.07, 6.45) is -2.88. The summed E-state index contributed by atoms with van der Waals surface area (Å²) in [4.78, 5) is 14.3. The highest BCUT2D eigenvalue weighted by atomic mass is 79.9. The Bertz CT molecular complexity index is 412. The molecule has 0 unspecified atom stereocenters. The van der Waals surface area contributed by atoms with E-state index in [1.54, 1.807) is 0 Å². The summed E-state index contributed by atoms with van der Waals surface area (Å²) >= 11 is 2.88. The van der Waals surface area contributed by atoms with Crippen molar-refractivity contribution in [3.05, 3.63) is 28.8 Å². The van der Waals surface area contributed by atoms with E-state index in [0.29, 0.717) is 0 Å². The van der Waals surface area contributed by atoms with Crippen LogP contribution in [0.15, 0.2) is 6.07 Å². The van der Waals surface area contributed by atoms with Crippen molar-refractivity contribution in [2.45, 2.75) is 11.8 Å². The second kappa shape index (κ2) is 5.29. The average Bonchev–Trinajstić information content (AvgIpc) is 2.26. The van der Waals surface area contributed by atoms with E-state index in [-0.39, 0.29) is 10.9 Å². The van der Waals surface area contributed by atoms with Crippen LogP contribution >= 0.6 is 15.9 Å². The molecule has 0 aliphatic rings. The number of esters is 1. The predicted molar refractivity (Wildman–Crippen MR) is 53.1 cm³/mol. The molecule has 1 heterocycles. The number of hydrogen-bond donors (Lipinski definition) is 0. The maximum absolute atomic E-state index is 13.3. The van der Waals surface area contributed by atoms with Gasteiger partial charge in [0.05, 0.1) is 7.11 Å². The molecule has 7 heteroatoms. The second-order valence-corrected chi connectivity index (χ2v) is 3.35. The number of aromatic nitrogens is 1. The summed E-state index contributed by atoms with van der Waals surface area (Å²) in [5.41, 5.74) is -1.30. The van der Waals surface area contributed by atoms with Gasteiger partial charge in [-0.15, -0.1) is 0 Å². The van der Waals surface area contributed by atoms with Crippen LogP contribution in [-0.4, -0.2) is 18.1 Å². The molecule has 0 aliphatic heterocycles. The molecule has 0 radical (unpaired) electrons. The van der Waals surface area contributed by atoms with Crippen LogP contribution in [0, 0.1) is 5.95 Å². The Kier molecular flexibility index (Phi) is 4.28. The molecule has 0 saturated heterocycles. The first kappa shape index (κ1) is 13.0. The van der Waals surface area contributed by atoms with Crippen molar-refractivity contribution in [3.8, 4) is 0 Å². The van der Waals surface area contributed by atoms with Crippen molar-refractivity contribution in [2.24, 2.45) is 0 Å². The summed E-state index contributed by atoms with van der Waals surface area (Å²) in [6, 6.07) is 0.830. The minimum atomic E-state index is -2.88. The third-order valence-corrected chi connectivity index (χ3v) is 2.43. The molecule has 0 spiro atoms. The maximum atomic E-state index is 13.3. The monoisotopic (exact) mass is 297 g/mol. The Morgan fingerprint density at radius 2 is 2.25 bits per heavy atom. The van der Waals surface area contributed by atoms with Crippen LogP contribution in [0.2, 0.25) is 0 Å². The van der Waals surface area contributed by atoms with Gasteiger partial charge in [0.2, 0.25) is 5.95 Å². The van der Waals surface area contributed by atoms with E-state index in [0.717, 1.165) is 13.2 Å². The largest absolute Gasteiger partial charge is 0.464 e. The lowest BCUT2D eigenvalue weighted by molar-refractivity contribution is 0.0592. The molecule has 0 amide bonds. The zero-order chi connectivity index (χ0) is 12.3. The lowest BCUT2D eigenvalue weighted by Crippen LogP contribution is -2.10.